The summed E-state index contributed by atoms with van der Waals surface area (Å²) in [6.07, 6.45) is 2.60. The third kappa shape index (κ3) is 6.75. The highest BCUT2D eigenvalue weighted by Crippen LogP contribution is 2.26. The van der Waals surface area contributed by atoms with E-state index in [9.17, 15) is 14.4 Å². The zero-order valence-corrected chi connectivity index (χ0v) is 23.4. The van der Waals surface area contributed by atoms with Crippen molar-refractivity contribution in [3.05, 3.63) is 108 Å². The Bertz CT molecular complexity index is 1530. The first-order valence-corrected chi connectivity index (χ1v) is 13.6. The molecule has 0 radical (unpaired) electrons. The molecule has 5 rings (SSSR count). The van der Waals surface area contributed by atoms with Crippen molar-refractivity contribution in [2.24, 2.45) is 5.92 Å². The average molecular weight is 566 g/mol. The molecule has 2 amide bonds. The summed E-state index contributed by atoms with van der Waals surface area (Å²) >= 11 is 0. The molecule has 0 saturated carbocycles. The number of carbonyl (C=O) groups is 3. The SMILES string of the molecule is COc1ccc(Oc2ccc(NC(=O)c3ccc(C(=O)N4CCC(C(=O)c5ccc(OC)cc5)CC4)cn3)cc2)cc1. The van der Waals surface area contributed by atoms with Gasteiger partial charge < -0.3 is 24.4 Å². The molecule has 0 spiro atoms. The van der Waals surface area contributed by atoms with Crippen LogP contribution in [0.1, 0.15) is 44.0 Å². The first kappa shape index (κ1) is 28.4. The number of aromatic nitrogens is 1. The van der Waals surface area contributed by atoms with Crippen LogP contribution in [0.4, 0.5) is 5.69 Å². The smallest absolute Gasteiger partial charge is 0.274 e. The van der Waals surface area contributed by atoms with Gasteiger partial charge in [-0.05, 0) is 97.8 Å². The number of piperidine rings is 1. The Morgan fingerprint density at radius 3 is 1.79 bits per heavy atom. The molecule has 214 valence electrons. The van der Waals surface area contributed by atoms with Gasteiger partial charge in [0.05, 0.1) is 19.8 Å². The summed E-state index contributed by atoms with van der Waals surface area (Å²) in [7, 11) is 3.19. The van der Waals surface area contributed by atoms with Gasteiger partial charge in [0.1, 0.15) is 28.7 Å². The second kappa shape index (κ2) is 13.0. The maximum Gasteiger partial charge on any atom is 0.274 e. The molecule has 1 aliphatic rings. The molecule has 0 bridgehead atoms. The van der Waals surface area contributed by atoms with Crippen LogP contribution >= 0.6 is 0 Å². The molecule has 0 aliphatic carbocycles. The number of pyridine rings is 1. The van der Waals surface area contributed by atoms with Crippen molar-refractivity contribution >= 4 is 23.3 Å². The molecular formula is C33H31N3O6. The number of nitrogens with zero attached hydrogens (tertiary/aromatic N) is 2. The number of nitrogens with one attached hydrogen (secondary N) is 1. The maximum absolute atomic E-state index is 13.1. The summed E-state index contributed by atoms with van der Waals surface area (Å²) in [4.78, 5) is 44.6. The van der Waals surface area contributed by atoms with Crippen LogP contribution < -0.4 is 19.5 Å². The van der Waals surface area contributed by atoms with E-state index in [1.54, 1.807) is 73.7 Å². The molecule has 0 atom stereocenters. The predicted molar refractivity (Wildman–Crippen MR) is 158 cm³/mol. The largest absolute Gasteiger partial charge is 0.497 e. The number of hydrogen-bond donors (Lipinski definition) is 1. The topological polar surface area (TPSA) is 107 Å². The molecule has 2 heterocycles. The zero-order chi connectivity index (χ0) is 29.5. The van der Waals surface area contributed by atoms with Crippen molar-refractivity contribution in [3.63, 3.8) is 0 Å². The van der Waals surface area contributed by atoms with Crippen LogP contribution in [0.15, 0.2) is 91.1 Å². The average Bonchev–Trinajstić information content (AvgIpc) is 3.05. The number of likely N-dealkylation sites (tertiary alicyclic amines) is 1. The van der Waals surface area contributed by atoms with Gasteiger partial charge in [0, 0.05) is 36.5 Å². The summed E-state index contributed by atoms with van der Waals surface area (Å²) in [6, 6.07) is 24.4. The summed E-state index contributed by atoms with van der Waals surface area (Å²) in [5.74, 6) is 2.12. The van der Waals surface area contributed by atoms with E-state index in [0.717, 1.165) is 5.75 Å². The van der Waals surface area contributed by atoms with Gasteiger partial charge in [0.25, 0.3) is 11.8 Å². The van der Waals surface area contributed by atoms with E-state index in [-0.39, 0.29) is 23.3 Å². The number of anilines is 1. The lowest BCUT2D eigenvalue weighted by Crippen LogP contribution is -2.40. The quantitative estimate of drug-likeness (QED) is 0.253. The minimum atomic E-state index is -0.393. The lowest BCUT2D eigenvalue weighted by atomic mass is 9.88. The van der Waals surface area contributed by atoms with Crippen molar-refractivity contribution in [3.8, 4) is 23.0 Å². The molecule has 0 unspecified atom stereocenters. The Balaban J connectivity index is 1.11. The third-order valence-corrected chi connectivity index (χ3v) is 7.18. The number of ketones is 1. The number of benzene rings is 3. The van der Waals surface area contributed by atoms with Gasteiger partial charge in [-0.1, -0.05) is 0 Å². The molecule has 9 heteroatoms. The molecular weight excluding hydrogens is 534 g/mol. The zero-order valence-electron chi connectivity index (χ0n) is 23.4. The molecule has 1 aliphatic heterocycles. The molecule has 1 aromatic heterocycles. The van der Waals surface area contributed by atoms with Crippen LogP contribution in [-0.4, -0.2) is 54.8 Å². The van der Waals surface area contributed by atoms with Crippen LogP contribution in [-0.2, 0) is 0 Å². The Kier molecular flexibility index (Phi) is 8.77. The van der Waals surface area contributed by atoms with Gasteiger partial charge in [-0.2, -0.15) is 0 Å². The molecule has 9 nitrogen and oxygen atoms in total. The fourth-order valence-corrected chi connectivity index (χ4v) is 4.75. The molecule has 1 saturated heterocycles. The minimum absolute atomic E-state index is 0.0844. The number of methoxy groups -OCH3 is 2. The monoisotopic (exact) mass is 565 g/mol. The second-order valence-electron chi connectivity index (χ2n) is 9.85. The van der Waals surface area contributed by atoms with Gasteiger partial charge in [0.15, 0.2) is 5.78 Å². The van der Waals surface area contributed by atoms with Gasteiger partial charge in [-0.3, -0.25) is 19.4 Å². The van der Waals surface area contributed by atoms with E-state index in [2.05, 4.69) is 10.3 Å². The molecule has 1 N–H and O–H groups in total. The second-order valence-corrected chi connectivity index (χ2v) is 9.85. The van der Waals surface area contributed by atoms with E-state index >= 15 is 0 Å². The van der Waals surface area contributed by atoms with Gasteiger partial charge in [0.2, 0.25) is 0 Å². The van der Waals surface area contributed by atoms with Crippen molar-refractivity contribution in [2.45, 2.75) is 12.8 Å². The molecule has 42 heavy (non-hydrogen) atoms. The van der Waals surface area contributed by atoms with Crippen LogP contribution in [0, 0.1) is 5.92 Å². The Morgan fingerprint density at radius 2 is 1.24 bits per heavy atom. The van der Waals surface area contributed by atoms with Crippen molar-refractivity contribution in [2.75, 3.05) is 32.6 Å². The lowest BCUT2D eigenvalue weighted by molar-refractivity contribution is 0.0650. The maximum atomic E-state index is 13.1. The predicted octanol–water partition coefficient (Wildman–Crippen LogP) is 5.88. The van der Waals surface area contributed by atoms with Crippen molar-refractivity contribution < 1.29 is 28.6 Å². The minimum Gasteiger partial charge on any atom is -0.497 e. The number of Topliss-reactive ketones (excluding diaryl/α,β-unsaturated/α-hetero) is 1. The number of rotatable bonds is 9. The standard InChI is InChI=1S/C33H31N3O6/c1-40-26-8-3-22(4-9-26)31(37)23-17-19-36(20-18-23)33(39)24-5-16-30(34-21-24)32(38)35-25-6-10-28(11-7-25)42-29-14-12-27(41-2)13-15-29/h3-16,21,23H,17-20H2,1-2H3,(H,35,38). The summed E-state index contributed by atoms with van der Waals surface area (Å²) in [5, 5.41) is 2.80. The third-order valence-electron chi connectivity index (χ3n) is 7.18. The highest BCUT2D eigenvalue weighted by atomic mass is 16.5. The molecule has 3 aromatic carbocycles. The van der Waals surface area contributed by atoms with Gasteiger partial charge in [-0.15, -0.1) is 0 Å². The normalized spacial score (nSPS) is 13.2. The van der Waals surface area contributed by atoms with E-state index in [0.29, 0.717) is 60.0 Å². The van der Waals surface area contributed by atoms with Crippen molar-refractivity contribution in [1.29, 1.82) is 0 Å². The summed E-state index contributed by atoms with van der Waals surface area (Å²) in [6.45, 7) is 0.956. The Hall–Kier alpha value is -5.18. The number of hydrogen-bond acceptors (Lipinski definition) is 7. The van der Waals surface area contributed by atoms with Crippen molar-refractivity contribution in [1.82, 2.24) is 9.88 Å². The summed E-state index contributed by atoms with van der Waals surface area (Å²) < 4.78 is 16.1. The van der Waals surface area contributed by atoms with Crippen LogP contribution in [0.2, 0.25) is 0 Å². The summed E-state index contributed by atoms with van der Waals surface area (Å²) in [5.41, 5.74) is 1.81. The van der Waals surface area contributed by atoms with Crippen LogP contribution in [0.25, 0.3) is 0 Å². The Labute approximate surface area is 244 Å². The van der Waals surface area contributed by atoms with E-state index in [1.807, 2.05) is 24.3 Å². The number of ether oxygens (including phenoxy) is 3. The van der Waals surface area contributed by atoms with E-state index in [4.69, 9.17) is 14.2 Å². The molecule has 1 fully saturated rings. The fraction of sp³-hybridized carbons (Fsp3) is 0.212. The van der Waals surface area contributed by atoms with Crippen LogP contribution in [0.3, 0.4) is 0 Å². The highest BCUT2D eigenvalue weighted by Gasteiger charge is 2.28. The lowest BCUT2D eigenvalue weighted by Gasteiger charge is -2.31. The first-order chi connectivity index (χ1) is 20.4. The van der Waals surface area contributed by atoms with Gasteiger partial charge >= 0.3 is 0 Å². The Morgan fingerprint density at radius 1 is 0.714 bits per heavy atom. The molecule has 4 aromatic rings. The van der Waals surface area contributed by atoms with Gasteiger partial charge in [-0.25, -0.2) is 0 Å². The fourth-order valence-electron chi connectivity index (χ4n) is 4.75. The number of carbonyl (C=O) groups excluding carboxylic acids is 3. The first-order valence-electron chi connectivity index (χ1n) is 13.6. The van der Waals surface area contributed by atoms with E-state index in [1.165, 1.54) is 12.3 Å². The number of amides is 2. The van der Waals surface area contributed by atoms with Crippen LogP contribution in [0.5, 0.6) is 23.0 Å². The highest BCUT2D eigenvalue weighted by molar-refractivity contribution is 6.03. The van der Waals surface area contributed by atoms with E-state index < -0.39 is 5.91 Å².